The number of rotatable bonds is 3. The van der Waals surface area contributed by atoms with Gasteiger partial charge in [0.15, 0.2) is 0 Å². The first kappa shape index (κ1) is 11.2. The Kier molecular flexibility index (Phi) is 3.27. The Hall–Kier alpha value is -0.890. The minimum absolute atomic E-state index is 0.109. The molecule has 0 heterocycles. The molecule has 0 spiro atoms. The van der Waals surface area contributed by atoms with Gasteiger partial charge in [-0.3, -0.25) is 0 Å². The number of halogens is 2. The van der Waals surface area contributed by atoms with Crippen LogP contribution in [0, 0.1) is 11.2 Å². The molecule has 0 fully saturated rings. The Bertz CT molecular complexity index is 347. The van der Waals surface area contributed by atoms with Crippen LogP contribution < -0.4 is 0 Å². The summed E-state index contributed by atoms with van der Waals surface area (Å²) in [6.07, 6.45) is 1.39. The van der Waals surface area contributed by atoms with Crippen molar-refractivity contribution in [3.8, 4) is 0 Å². The van der Waals surface area contributed by atoms with Gasteiger partial charge in [0, 0.05) is 5.41 Å². The third-order valence-corrected chi connectivity index (χ3v) is 2.27. The molecule has 14 heavy (non-hydrogen) atoms. The van der Waals surface area contributed by atoms with Gasteiger partial charge in [-0.2, -0.15) is 0 Å². The van der Waals surface area contributed by atoms with Crippen molar-refractivity contribution in [3.05, 3.63) is 34.6 Å². The van der Waals surface area contributed by atoms with Gasteiger partial charge in [-0.25, -0.2) is 4.39 Å². The molecule has 0 aromatic heterocycles. The molecule has 1 rings (SSSR count). The van der Waals surface area contributed by atoms with Crippen molar-refractivity contribution in [2.24, 2.45) is 5.41 Å². The fourth-order valence-corrected chi connectivity index (χ4v) is 1.33. The normalized spacial score (nSPS) is 11.4. The number of aldehydes is 1. The van der Waals surface area contributed by atoms with Crippen LogP contribution in [-0.4, -0.2) is 6.29 Å². The quantitative estimate of drug-likeness (QED) is 0.706. The van der Waals surface area contributed by atoms with E-state index in [1.165, 1.54) is 12.1 Å². The van der Waals surface area contributed by atoms with Crippen molar-refractivity contribution in [3.63, 3.8) is 0 Å². The molecule has 76 valence electrons. The van der Waals surface area contributed by atoms with Gasteiger partial charge in [0.2, 0.25) is 0 Å². The van der Waals surface area contributed by atoms with Crippen molar-refractivity contribution < 1.29 is 9.18 Å². The van der Waals surface area contributed by atoms with Gasteiger partial charge in [-0.1, -0.05) is 31.5 Å². The van der Waals surface area contributed by atoms with E-state index in [9.17, 15) is 9.18 Å². The molecule has 0 bridgehead atoms. The van der Waals surface area contributed by atoms with Crippen molar-refractivity contribution in [2.75, 3.05) is 0 Å². The van der Waals surface area contributed by atoms with Gasteiger partial charge in [0.05, 0.1) is 5.02 Å². The molecular formula is C11H12ClFO. The summed E-state index contributed by atoms with van der Waals surface area (Å²) < 4.78 is 13.0. The highest BCUT2D eigenvalue weighted by Gasteiger charge is 2.17. The first-order valence-corrected chi connectivity index (χ1v) is 4.73. The van der Waals surface area contributed by atoms with Crippen LogP contribution in [0.25, 0.3) is 0 Å². The number of carbonyl (C=O) groups excluding carboxylic acids is 1. The van der Waals surface area contributed by atoms with E-state index >= 15 is 0 Å². The molecule has 0 saturated carbocycles. The standard InChI is InChI=1S/C11H12ClFO/c1-11(2,7-14)6-8-3-4-9(12)10(13)5-8/h3-5,7H,6H2,1-2H3. The lowest BCUT2D eigenvalue weighted by atomic mass is 9.87. The lowest BCUT2D eigenvalue weighted by Gasteiger charge is -2.16. The van der Waals surface area contributed by atoms with E-state index in [-0.39, 0.29) is 5.02 Å². The summed E-state index contributed by atoms with van der Waals surface area (Å²) in [6.45, 7) is 3.62. The smallest absolute Gasteiger partial charge is 0.142 e. The molecule has 0 unspecified atom stereocenters. The number of carbonyl (C=O) groups is 1. The van der Waals surface area contributed by atoms with Crippen LogP contribution in [0.4, 0.5) is 4.39 Å². The maximum Gasteiger partial charge on any atom is 0.142 e. The average molecular weight is 215 g/mol. The summed E-state index contributed by atoms with van der Waals surface area (Å²) in [6, 6.07) is 4.61. The monoisotopic (exact) mass is 214 g/mol. The van der Waals surface area contributed by atoms with Crippen LogP contribution >= 0.6 is 11.6 Å². The first-order valence-electron chi connectivity index (χ1n) is 4.35. The van der Waals surface area contributed by atoms with Crippen molar-refractivity contribution in [2.45, 2.75) is 20.3 Å². The van der Waals surface area contributed by atoms with E-state index in [2.05, 4.69) is 0 Å². The molecule has 1 aromatic rings. The van der Waals surface area contributed by atoms with Crippen molar-refractivity contribution in [1.29, 1.82) is 0 Å². The zero-order chi connectivity index (χ0) is 10.8. The molecule has 3 heteroatoms. The van der Waals surface area contributed by atoms with Gasteiger partial charge in [0.25, 0.3) is 0 Å². The summed E-state index contributed by atoms with van der Waals surface area (Å²) in [4.78, 5) is 10.7. The SMILES string of the molecule is CC(C)(C=O)Cc1ccc(Cl)c(F)c1. The molecule has 0 atom stereocenters. The van der Waals surface area contributed by atoms with E-state index in [4.69, 9.17) is 11.6 Å². The molecule has 0 radical (unpaired) electrons. The fraction of sp³-hybridized carbons (Fsp3) is 0.364. The highest BCUT2D eigenvalue weighted by molar-refractivity contribution is 6.30. The zero-order valence-corrected chi connectivity index (χ0v) is 8.94. The maximum atomic E-state index is 13.0. The number of benzene rings is 1. The lowest BCUT2D eigenvalue weighted by Crippen LogP contribution is -2.16. The molecule has 0 aliphatic heterocycles. The van der Waals surface area contributed by atoms with E-state index in [1.807, 2.05) is 13.8 Å². The second kappa shape index (κ2) is 4.09. The summed E-state index contributed by atoms with van der Waals surface area (Å²) in [5, 5.41) is 0.109. The third kappa shape index (κ3) is 2.81. The fourth-order valence-electron chi connectivity index (χ4n) is 1.22. The first-order chi connectivity index (χ1) is 6.44. The minimum atomic E-state index is -0.458. The minimum Gasteiger partial charge on any atom is -0.303 e. The van der Waals surface area contributed by atoms with E-state index in [0.29, 0.717) is 6.42 Å². The lowest BCUT2D eigenvalue weighted by molar-refractivity contribution is -0.114. The second-order valence-electron chi connectivity index (χ2n) is 4.03. The summed E-state index contributed by atoms with van der Waals surface area (Å²) >= 11 is 5.54. The van der Waals surface area contributed by atoms with Crippen LogP contribution in [-0.2, 0) is 11.2 Å². The summed E-state index contributed by atoms with van der Waals surface area (Å²) in [5.41, 5.74) is 0.323. The topological polar surface area (TPSA) is 17.1 Å². The molecule has 0 saturated heterocycles. The van der Waals surface area contributed by atoms with Gasteiger partial charge in [0.1, 0.15) is 12.1 Å². The second-order valence-corrected chi connectivity index (χ2v) is 4.44. The molecule has 0 amide bonds. The van der Waals surface area contributed by atoms with Gasteiger partial charge < -0.3 is 4.79 Å². The van der Waals surface area contributed by atoms with Gasteiger partial charge in [-0.05, 0) is 24.1 Å². The third-order valence-electron chi connectivity index (χ3n) is 1.96. The van der Waals surface area contributed by atoms with Crippen LogP contribution in [0.3, 0.4) is 0 Å². The zero-order valence-electron chi connectivity index (χ0n) is 8.18. The van der Waals surface area contributed by atoms with E-state index in [0.717, 1.165) is 11.8 Å². The summed E-state index contributed by atoms with van der Waals surface area (Å²) in [7, 11) is 0. The Morgan fingerprint density at radius 1 is 1.50 bits per heavy atom. The Balaban J connectivity index is 2.88. The highest BCUT2D eigenvalue weighted by atomic mass is 35.5. The van der Waals surface area contributed by atoms with Crippen LogP contribution in [0.5, 0.6) is 0 Å². The van der Waals surface area contributed by atoms with Crippen molar-refractivity contribution in [1.82, 2.24) is 0 Å². The summed E-state index contributed by atoms with van der Waals surface area (Å²) in [5.74, 6) is -0.439. The van der Waals surface area contributed by atoms with Gasteiger partial charge >= 0.3 is 0 Å². The maximum absolute atomic E-state index is 13.0. The van der Waals surface area contributed by atoms with Crippen LogP contribution in [0.2, 0.25) is 5.02 Å². The number of hydrogen-bond acceptors (Lipinski definition) is 1. The van der Waals surface area contributed by atoms with E-state index in [1.54, 1.807) is 6.07 Å². The molecule has 0 aliphatic carbocycles. The largest absolute Gasteiger partial charge is 0.303 e. The molecule has 0 N–H and O–H groups in total. The van der Waals surface area contributed by atoms with Gasteiger partial charge in [-0.15, -0.1) is 0 Å². The Morgan fingerprint density at radius 3 is 2.64 bits per heavy atom. The molecule has 1 nitrogen and oxygen atoms in total. The Labute approximate surface area is 87.9 Å². The molecule has 0 aliphatic rings. The van der Waals surface area contributed by atoms with Crippen LogP contribution in [0.1, 0.15) is 19.4 Å². The van der Waals surface area contributed by atoms with Crippen LogP contribution in [0.15, 0.2) is 18.2 Å². The van der Waals surface area contributed by atoms with E-state index < -0.39 is 11.2 Å². The Morgan fingerprint density at radius 2 is 2.14 bits per heavy atom. The highest BCUT2D eigenvalue weighted by Crippen LogP contribution is 2.22. The van der Waals surface area contributed by atoms with Crippen molar-refractivity contribution >= 4 is 17.9 Å². The molecular weight excluding hydrogens is 203 g/mol. The molecule has 1 aromatic carbocycles. The average Bonchev–Trinajstić information content (AvgIpc) is 2.11. The number of hydrogen-bond donors (Lipinski definition) is 0. The predicted octanol–water partition coefficient (Wildman–Crippen LogP) is 3.25. The predicted molar refractivity (Wildman–Crippen MR) is 55.0 cm³/mol.